The fourth-order valence-electron chi connectivity index (χ4n) is 3.80. The summed E-state index contributed by atoms with van der Waals surface area (Å²) in [7, 11) is 1.64. The Labute approximate surface area is 181 Å². The Hall–Kier alpha value is -2.73. The Morgan fingerprint density at radius 1 is 1.23 bits per heavy atom. The predicted octanol–water partition coefficient (Wildman–Crippen LogP) is 5.09. The van der Waals surface area contributed by atoms with Gasteiger partial charge in [0.2, 0.25) is 11.8 Å². The first-order valence-corrected chi connectivity index (χ1v) is 11.3. The molecule has 0 spiro atoms. The number of methoxy groups -OCH3 is 1. The molecule has 1 atom stereocenters. The second-order valence-corrected chi connectivity index (χ2v) is 8.44. The Kier molecular flexibility index (Phi) is 6.43. The zero-order valence-electron chi connectivity index (χ0n) is 17.3. The number of aromatic nitrogens is 1. The number of aryl methyl sites for hydroxylation is 2. The van der Waals surface area contributed by atoms with Crippen LogP contribution in [0.5, 0.6) is 5.75 Å². The number of oxazole rings is 1. The molecule has 156 valence electrons. The second kappa shape index (κ2) is 9.39. The summed E-state index contributed by atoms with van der Waals surface area (Å²) in [5.41, 5.74) is 4.40. The number of benzene rings is 2. The molecule has 1 aliphatic carbocycles. The Bertz CT molecular complexity index is 1010. The highest BCUT2D eigenvalue weighted by Crippen LogP contribution is 2.30. The van der Waals surface area contributed by atoms with Crippen molar-refractivity contribution in [2.45, 2.75) is 38.0 Å². The minimum Gasteiger partial charge on any atom is -0.497 e. The first-order chi connectivity index (χ1) is 14.6. The van der Waals surface area contributed by atoms with Crippen molar-refractivity contribution >= 4 is 17.7 Å². The van der Waals surface area contributed by atoms with Gasteiger partial charge < -0.3 is 14.5 Å². The molecule has 4 rings (SSSR count). The molecule has 1 unspecified atom stereocenters. The van der Waals surface area contributed by atoms with Crippen molar-refractivity contribution in [2.24, 2.45) is 0 Å². The van der Waals surface area contributed by atoms with E-state index in [2.05, 4.69) is 28.5 Å². The van der Waals surface area contributed by atoms with Gasteiger partial charge in [-0.3, -0.25) is 4.79 Å². The van der Waals surface area contributed by atoms with Crippen LogP contribution in [0.1, 0.15) is 41.5 Å². The summed E-state index contributed by atoms with van der Waals surface area (Å²) in [5, 5.41) is 3.20. The lowest BCUT2D eigenvalue weighted by molar-refractivity contribution is -0.119. The molecule has 5 nitrogen and oxygen atoms in total. The number of hydrogen-bond donors (Lipinski definition) is 1. The maximum atomic E-state index is 12.5. The van der Waals surface area contributed by atoms with Crippen LogP contribution in [0.15, 0.2) is 52.9 Å². The lowest BCUT2D eigenvalue weighted by Gasteiger charge is -2.26. The molecule has 6 heteroatoms. The third kappa shape index (κ3) is 4.70. The molecule has 30 heavy (non-hydrogen) atoms. The van der Waals surface area contributed by atoms with E-state index in [0.29, 0.717) is 17.4 Å². The van der Waals surface area contributed by atoms with E-state index in [9.17, 15) is 4.79 Å². The summed E-state index contributed by atoms with van der Waals surface area (Å²) in [6.07, 6.45) is 3.21. The van der Waals surface area contributed by atoms with Gasteiger partial charge in [0.05, 0.1) is 24.6 Å². The topological polar surface area (TPSA) is 64.4 Å². The maximum absolute atomic E-state index is 12.5. The summed E-state index contributed by atoms with van der Waals surface area (Å²) in [5.74, 6) is 3.29. The number of thioether (sulfide) groups is 1. The van der Waals surface area contributed by atoms with Crippen LogP contribution in [-0.4, -0.2) is 23.8 Å². The molecule has 0 bridgehead atoms. The molecule has 0 saturated carbocycles. The molecule has 1 aromatic heterocycles. The largest absolute Gasteiger partial charge is 0.497 e. The normalized spacial score (nSPS) is 15.5. The third-order valence-electron chi connectivity index (χ3n) is 5.41. The fourth-order valence-corrected chi connectivity index (χ4v) is 4.63. The van der Waals surface area contributed by atoms with E-state index in [4.69, 9.17) is 9.15 Å². The first-order valence-electron chi connectivity index (χ1n) is 10.2. The van der Waals surface area contributed by atoms with E-state index in [-0.39, 0.29) is 11.9 Å². The van der Waals surface area contributed by atoms with Crippen LogP contribution in [0.3, 0.4) is 0 Å². The standard InChI is InChI=1S/C24H26N2O3S/c1-16-22(26-24(29-16)18-10-12-19(28-2)13-11-18)14-30-15-23(27)25-21-9-5-7-17-6-3-4-8-20(17)21/h3-4,6,8,10-13,21H,5,7,9,14-15H2,1-2H3,(H,25,27). The third-order valence-corrected chi connectivity index (χ3v) is 6.35. The Morgan fingerprint density at radius 3 is 2.83 bits per heavy atom. The predicted molar refractivity (Wildman–Crippen MR) is 120 cm³/mol. The summed E-state index contributed by atoms with van der Waals surface area (Å²) in [6.45, 7) is 1.91. The molecular formula is C24H26N2O3S. The van der Waals surface area contributed by atoms with Gasteiger partial charge in [-0.25, -0.2) is 4.98 Å². The van der Waals surface area contributed by atoms with Crippen molar-refractivity contribution < 1.29 is 13.9 Å². The average Bonchev–Trinajstić information content (AvgIpc) is 3.14. The van der Waals surface area contributed by atoms with E-state index < -0.39 is 0 Å². The number of nitrogens with one attached hydrogen (secondary N) is 1. The molecule has 2 aromatic carbocycles. The minimum atomic E-state index is 0.0678. The number of amides is 1. The number of ether oxygens (including phenoxy) is 1. The molecular weight excluding hydrogens is 396 g/mol. The van der Waals surface area contributed by atoms with Gasteiger partial charge in [0.15, 0.2) is 0 Å². The van der Waals surface area contributed by atoms with Crippen LogP contribution in [0, 0.1) is 6.92 Å². The highest BCUT2D eigenvalue weighted by molar-refractivity contribution is 7.99. The molecule has 0 aliphatic heterocycles. The van der Waals surface area contributed by atoms with E-state index in [1.807, 2.05) is 37.3 Å². The lowest BCUT2D eigenvalue weighted by atomic mass is 9.88. The van der Waals surface area contributed by atoms with Gasteiger partial charge in [-0.1, -0.05) is 24.3 Å². The van der Waals surface area contributed by atoms with Crippen LogP contribution >= 0.6 is 11.8 Å². The van der Waals surface area contributed by atoms with Gasteiger partial charge in [-0.05, 0) is 61.6 Å². The van der Waals surface area contributed by atoms with Crippen LogP contribution in [0.4, 0.5) is 0 Å². The number of rotatable bonds is 7. The average molecular weight is 423 g/mol. The molecule has 1 amide bonds. The Morgan fingerprint density at radius 2 is 2.03 bits per heavy atom. The number of nitrogens with zero attached hydrogens (tertiary/aromatic N) is 1. The van der Waals surface area contributed by atoms with Crippen LogP contribution in [0.2, 0.25) is 0 Å². The quantitative estimate of drug-likeness (QED) is 0.575. The summed E-state index contributed by atoms with van der Waals surface area (Å²) < 4.78 is 11.0. The highest BCUT2D eigenvalue weighted by Gasteiger charge is 2.21. The van der Waals surface area contributed by atoms with E-state index in [0.717, 1.165) is 42.0 Å². The van der Waals surface area contributed by atoms with Crippen molar-refractivity contribution in [3.63, 3.8) is 0 Å². The van der Waals surface area contributed by atoms with Gasteiger partial charge >= 0.3 is 0 Å². The zero-order valence-corrected chi connectivity index (χ0v) is 18.1. The van der Waals surface area contributed by atoms with Gasteiger partial charge in [0, 0.05) is 11.3 Å². The first kappa shape index (κ1) is 20.5. The fraction of sp³-hybridized carbons (Fsp3) is 0.333. The van der Waals surface area contributed by atoms with Gasteiger partial charge in [-0.2, -0.15) is 0 Å². The minimum absolute atomic E-state index is 0.0678. The Balaban J connectivity index is 1.31. The van der Waals surface area contributed by atoms with Gasteiger partial charge in [0.25, 0.3) is 0 Å². The number of hydrogen-bond acceptors (Lipinski definition) is 5. The molecule has 0 saturated heterocycles. The van der Waals surface area contributed by atoms with Crippen molar-refractivity contribution in [1.82, 2.24) is 10.3 Å². The molecule has 3 aromatic rings. The summed E-state index contributed by atoms with van der Waals surface area (Å²) in [4.78, 5) is 17.1. The molecule has 0 radical (unpaired) electrons. The molecule has 0 fully saturated rings. The summed E-state index contributed by atoms with van der Waals surface area (Å²) in [6, 6.07) is 16.2. The van der Waals surface area contributed by atoms with Gasteiger partial charge in [0.1, 0.15) is 11.5 Å². The monoisotopic (exact) mass is 422 g/mol. The zero-order chi connectivity index (χ0) is 20.9. The van der Waals surface area contributed by atoms with Crippen LogP contribution < -0.4 is 10.1 Å². The lowest BCUT2D eigenvalue weighted by Crippen LogP contribution is -2.32. The number of fused-ring (bicyclic) bond motifs is 1. The SMILES string of the molecule is COc1ccc(-c2nc(CSCC(=O)NC3CCCc4ccccc43)c(C)o2)cc1. The smallest absolute Gasteiger partial charge is 0.230 e. The van der Waals surface area contributed by atoms with E-state index in [1.165, 1.54) is 11.1 Å². The van der Waals surface area contributed by atoms with Crippen molar-refractivity contribution in [1.29, 1.82) is 0 Å². The second-order valence-electron chi connectivity index (χ2n) is 7.45. The number of carbonyl (C=O) groups excluding carboxylic acids is 1. The molecule has 1 aliphatic rings. The van der Waals surface area contributed by atoms with Crippen molar-refractivity contribution in [3.05, 3.63) is 71.1 Å². The summed E-state index contributed by atoms with van der Waals surface area (Å²) >= 11 is 1.56. The maximum Gasteiger partial charge on any atom is 0.230 e. The van der Waals surface area contributed by atoms with Crippen molar-refractivity contribution in [3.8, 4) is 17.2 Å². The van der Waals surface area contributed by atoms with Gasteiger partial charge in [-0.15, -0.1) is 11.8 Å². The highest BCUT2D eigenvalue weighted by atomic mass is 32.2. The van der Waals surface area contributed by atoms with Crippen LogP contribution in [0.25, 0.3) is 11.5 Å². The van der Waals surface area contributed by atoms with E-state index >= 15 is 0 Å². The number of carbonyl (C=O) groups is 1. The van der Waals surface area contributed by atoms with Crippen LogP contribution in [-0.2, 0) is 17.0 Å². The van der Waals surface area contributed by atoms with E-state index in [1.54, 1.807) is 18.9 Å². The van der Waals surface area contributed by atoms with Crippen molar-refractivity contribution in [2.75, 3.05) is 12.9 Å². The molecule has 1 N–H and O–H groups in total. The molecule has 1 heterocycles.